The molecule has 1 aromatic heterocycles. The zero-order valence-electron chi connectivity index (χ0n) is 8.00. The fourth-order valence-electron chi connectivity index (χ4n) is 0.999. The largest absolute Gasteiger partial charge is 0.464 e. The summed E-state index contributed by atoms with van der Waals surface area (Å²) in [5.74, 6) is -0.762. The Morgan fingerprint density at radius 3 is 2.75 bits per heavy atom. The standard InChI is InChI=1S/C9H5F2IN2O2/c1-16-9(15)7-5(12)2-4(8(10)11)6(3-13)14-7/h2,8H,1H3. The van der Waals surface area contributed by atoms with E-state index in [2.05, 4.69) is 9.72 Å². The minimum Gasteiger partial charge on any atom is -0.464 e. The molecule has 4 nitrogen and oxygen atoms in total. The van der Waals surface area contributed by atoms with E-state index < -0.39 is 23.7 Å². The fourth-order valence-corrected chi connectivity index (χ4v) is 1.68. The molecule has 16 heavy (non-hydrogen) atoms. The number of hydrogen-bond donors (Lipinski definition) is 0. The summed E-state index contributed by atoms with van der Waals surface area (Å²) in [6.07, 6.45) is -2.80. The van der Waals surface area contributed by atoms with Gasteiger partial charge in [0, 0.05) is 3.57 Å². The van der Waals surface area contributed by atoms with Crippen LogP contribution in [0, 0.1) is 14.9 Å². The number of methoxy groups -OCH3 is 1. The Bertz CT molecular complexity index is 471. The number of pyridine rings is 1. The van der Waals surface area contributed by atoms with Crippen molar-refractivity contribution in [2.75, 3.05) is 7.11 Å². The van der Waals surface area contributed by atoms with Gasteiger partial charge in [-0.05, 0) is 28.7 Å². The van der Waals surface area contributed by atoms with Crippen LogP contribution in [-0.4, -0.2) is 18.1 Å². The summed E-state index contributed by atoms with van der Waals surface area (Å²) >= 11 is 1.68. The number of carbonyl (C=O) groups excluding carboxylic acids is 1. The molecule has 0 aliphatic heterocycles. The fraction of sp³-hybridized carbons (Fsp3) is 0.222. The van der Waals surface area contributed by atoms with Gasteiger partial charge in [-0.1, -0.05) is 0 Å². The third kappa shape index (κ3) is 2.44. The number of esters is 1. The van der Waals surface area contributed by atoms with Crippen LogP contribution in [0.3, 0.4) is 0 Å². The summed E-state index contributed by atoms with van der Waals surface area (Å²) < 4.78 is 29.6. The first-order valence-electron chi connectivity index (χ1n) is 3.98. The van der Waals surface area contributed by atoms with E-state index in [9.17, 15) is 13.6 Å². The van der Waals surface area contributed by atoms with Crippen LogP contribution in [0.4, 0.5) is 8.78 Å². The summed E-state index contributed by atoms with van der Waals surface area (Å²) in [4.78, 5) is 14.8. The zero-order valence-corrected chi connectivity index (χ0v) is 10.2. The van der Waals surface area contributed by atoms with Crippen LogP contribution in [0.1, 0.15) is 28.2 Å². The highest BCUT2D eigenvalue weighted by Crippen LogP contribution is 2.25. The molecule has 0 fully saturated rings. The molecule has 0 aliphatic rings. The highest BCUT2D eigenvalue weighted by Gasteiger charge is 2.21. The molecule has 0 unspecified atom stereocenters. The number of nitrogens with zero attached hydrogens (tertiary/aromatic N) is 2. The van der Waals surface area contributed by atoms with Gasteiger partial charge in [0.1, 0.15) is 11.8 Å². The van der Waals surface area contributed by atoms with Gasteiger partial charge >= 0.3 is 5.97 Å². The van der Waals surface area contributed by atoms with E-state index in [0.717, 1.165) is 13.2 Å². The van der Waals surface area contributed by atoms with E-state index in [1.807, 2.05) is 0 Å². The Labute approximate surface area is 103 Å². The molecule has 84 valence electrons. The van der Waals surface area contributed by atoms with Gasteiger partial charge in [0.05, 0.1) is 12.7 Å². The van der Waals surface area contributed by atoms with Gasteiger partial charge in [0.15, 0.2) is 5.69 Å². The molecule has 0 amide bonds. The first-order valence-corrected chi connectivity index (χ1v) is 5.06. The molecule has 0 atom stereocenters. The molecule has 0 radical (unpaired) electrons. The molecular formula is C9H5F2IN2O2. The first-order chi connectivity index (χ1) is 7.51. The molecule has 0 saturated carbocycles. The molecule has 1 aromatic rings. The molecular weight excluding hydrogens is 333 g/mol. The van der Waals surface area contributed by atoms with E-state index in [1.54, 1.807) is 22.6 Å². The minimum absolute atomic E-state index is 0.135. The van der Waals surface area contributed by atoms with Crippen LogP contribution < -0.4 is 0 Å². The van der Waals surface area contributed by atoms with E-state index in [4.69, 9.17) is 5.26 Å². The smallest absolute Gasteiger partial charge is 0.357 e. The SMILES string of the molecule is COC(=O)c1nc(C#N)c(C(F)F)cc1I. The number of aromatic nitrogens is 1. The van der Waals surface area contributed by atoms with Crippen molar-refractivity contribution in [1.82, 2.24) is 4.98 Å². The van der Waals surface area contributed by atoms with Gasteiger partial charge < -0.3 is 4.74 Å². The number of nitriles is 1. The normalized spacial score (nSPS) is 10.0. The second kappa shape index (κ2) is 5.16. The van der Waals surface area contributed by atoms with Crippen molar-refractivity contribution >= 4 is 28.6 Å². The highest BCUT2D eigenvalue weighted by atomic mass is 127. The number of halogens is 3. The molecule has 0 aliphatic carbocycles. The summed E-state index contributed by atoms with van der Waals surface area (Å²) in [5, 5.41) is 8.64. The van der Waals surface area contributed by atoms with Crippen molar-refractivity contribution in [3.8, 4) is 6.07 Å². The summed E-state index contributed by atoms with van der Waals surface area (Å²) in [7, 11) is 1.15. The third-order valence-electron chi connectivity index (χ3n) is 1.73. The molecule has 1 heterocycles. The van der Waals surface area contributed by atoms with Crippen LogP contribution in [0.2, 0.25) is 0 Å². The maximum atomic E-state index is 12.5. The van der Waals surface area contributed by atoms with Gasteiger partial charge in [0.2, 0.25) is 0 Å². The maximum absolute atomic E-state index is 12.5. The third-order valence-corrected chi connectivity index (χ3v) is 2.55. The molecule has 0 N–H and O–H groups in total. The Morgan fingerprint density at radius 2 is 2.31 bits per heavy atom. The minimum atomic E-state index is -2.80. The van der Waals surface area contributed by atoms with E-state index >= 15 is 0 Å². The van der Waals surface area contributed by atoms with E-state index in [0.29, 0.717) is 0 Å². The topological polar surface area (TPSA) is 63.0 Å². The second-order valence-electron chi connectivity index (χ2n) is 2.66. The average molecular weight is 338 g/mol. The van der Waals surface area contributed by atoms with Crippen molar-refractivity contribution in [2.45, 2.75) is 6.43 Å². The molecule has 0 bridgehead atoms. The van der Waals surface area contributed by atoms with Gasteiger partial charge in [-0.15, -0.1) is 0 Å². The number of hydrogen-bond acceptors (Lipinski definition) is 4. The molecule has 0 spiro atoms. The van der Waals surface area contributed by atoms with Crippen LogP contribution in [0.5, 0.6) is 0 Å². The Hall–Kier alpha value is -1.30. The van der Waals surface area contributed by atoms with Gasteiger partial charge in [-0.3, -0.25) is 0 Å². The Morgan fingerprint density at radius 1 is 1.69 bits per heavy atom. The van der Waals surface area contributed by atoms with Crippen LogP contribution in [0.25, 0.3) is 0 Å². The number of carbonyl (C=O) groups is 1. The summed E-state index contributed by atoms with van der Waals surface area (Å²) in [6.45, 7) is 0. The van der Waals surface area contributed by atoms with Crippen LogP contribution >= 0.6 is 22.6 Å². The van der Waals surface area contributed by atoms with Crippen molar-refractivity contribution in [2.24, 2.45) is 0 Å². The lowest BCUT2D eigenvalue weighted by Gasteiger charge is -2.06. The van der Waals surface area contributed by atoms with Gasteiger partial charge in [-0.2, -0.15) is 5.26 Å². The lowest BCUT2D eigenvalue weighted by molar-refractivity contribution is 0.0592. The predicted molar refractivity (Wildman–Crippen MR) is 58.0 cm³/mol. The molecule has 1 rings (SSSR count). The first kappa shape index (κ1) is 12.8. The Kier molecular flexibility index (Phi) is 4.12. The van der Waals surface area contributed by atoms with E-state index in [1.165, 1.54) is 6.07 Å². The summed E-state index contributed by atoms with van der Waals surface area (Å²) in [6, 6.07) is 2.58. The zero-order chi connectivity index (χ0) is 12.3. The summed E-state index contributed by atoms with van der Waals surface area (Å²) in [5.41, 5.74) is -1.08. The lowest BCUT2D eigenvalue weighted by Crippen LogP contribution is -2.10. The maximum Gasteiger partial charge on any atom is 0.357 e. The predicted octanol–water partition coefficient (Wildman–Crippen LogP) is 2.28. The van der Waals surface area contributed by atoms with Crippen molar-refractivity contribution in [3.63, 3.8) is 0 Å². The number of rotatable bonds is 2. The molecule has 0 aromatic carbocycles. The van der Waals surface area contributed by atoms with Crippen LogP contribution in [0.15, 0.2) is 6.07 Å². The Balaban J connectivity index is 3.38. The monoisotopic (exact) mass is 338 g/mol. The van der Waals surface area contributed by atoms with Gasteiger partial charge in [-0.25, -0.2) is 18.6 Å². The van der Waals surface area contributed by atoms with Gasteiger partial charge in [0.25, 0.3) is 6.43 Å². The average Bonchev–Trinajstić information content (AvgIpc) is 2.27. The van der Waals surface area contributed by atoms with Crippen LogP contribution in [-0.2, 0) is 4.74 Å². The molecule has 0 saturated heterocycles. The lowest BCUT2D eigenvalue weighted by atomic mass is 10.2. The van der Waals surface area contributed by atoms with Crippen molar-refractivity contribution in [3.05, 3.63) is 26.6 Å². The van der Waals surface area contributed by atoms with E-state index in [-0.39, 0.29) is 9.26 Å². The quantitative estimate of drug-likeness (QED) is 0.613. The second-order valence-corrected chi connectivity index (χ2v) is 3.82. The van der Waals surface area contributed by atoms with Crippen molar-refractivity contribution in [1.29, 1.82) is 5.26 Å². The van der Waals surface area contributed by atoms with Crippen molar-refractivity contribution < 1.29 is 18.3 Å². The molecule has 7 heteroatoms. The number of ether oxygens (including phenoxy) is 1. The highest BCUT2D eigenvalue weighted by molar-refractivity contribution is 14.1. The number of alkyl halides is 2.